The summed E-state index contributed by atoms with van der Waals surface area (Å²) in [6.45, 7) is 1.71. The lowest BCUT2D eigenvalue weighted by Crippen LogP contribution is -2.28. The molecule has 1 saturated carbocycles. The second-order valence-electron chi connectivity index (χ2n) is 4.28. The Morgan fingerprint density at radius 2 is 1.75 bits per heavy atom. The van der Waals surface area contributed by atoms with Gasteiger partial charge in [-0.1, -0.05) is 19.8 Å². The van der Waals surface area contributed by atoms with Gasteiger partial charge in [-0.25, -0.2) is 4.57 Å². The number of hydrogen-bond acceptors (Lipinski definition) is 5. The van der Waals surface area contributed by atoms with Gasteiger partial charge in [0.2, 0.25) is 0 Å². The van der Waals surface area contributed by atoms with Crippen LogP contribution < -0.4 is 0 Å². The Morgan fingerprint density at radius 1 is 1.25 bits per heavy atom. The molecule has 0 aliphatic heterocycles. The minimum absolute atomic E-state index is 0.0284. The molecular formula is C10H19O5P. The first-order chi connectivity index (χ1) is 7.46. The van der Waals surface area contributed by atoms with Crippen molar-refractivity contribution < 1.29 is 22.9 Å². The Morgan fingerprint density at radius 3 is 2.19 bits per heavy atom. The molecule has 0 atom stereocenters. The van der Waals surface area contributed by atoms with Gasteiger partial charge in [-0.2, -0.15) is 0 Å². The summed E-state index contributed by atoms with van der Waals surface area (Å²) in [5.41, 5.74) is -0.327. The molecule has 0 saturated heterocycles. The summed E-state index contributed by atoms with van der Waals surface area (Å²) in [6.07, 6.45) is 3.88. The maximum atomic E-state index is 11.9. The molecule has 1 aliphatic rings. The van der Waals surface area contributed by atoms with Gasteiger partial charge < -0.3 is 0 Å². The molecule has 1 aliphatic carbocycles. The lowest BCUT2D eigenvalue weighted by Gasteiger charge is -2.22. The third-order valence-corrected chi connectivity index (χ3v) is 4.52. The van der Waals surface area contributed by atoms with E-state index in [9.17, 15) is 9.36 Å². The minimum atomic E-state index is -3.53. The van der Waals surface area contributed by atoms with Gasteiger partial charge >= 0.3 is 7.82 Å². The molecule has 0 N–H and O–H groups in total. The highest BCUT2D eigenvalue weighted by Gasteiger charge is 2.37. The topological polar surface area (TPSA) is 61.8 Å². The fourth-order valence-electron chi connectivity index (χ4n) is 1.93. The number of Topliss-reactive ketones (excluding diaryl/α,β-unsaturated/α-hetero) is 1. The molecule has 5 nitrogen and oxygen atoms in total. The zero-order valence-electron chi connectivity index (χ0n) is 10.0. The molecule has 94 valence electrons. The number of rotatable bonds is 6. The summed E-state index contributed by atoms with van der Waals surface area (Å²) in [6, 6.07) is 0. The van der Waals surface area contributed by atoms with E-state index in [4.69, 9.17) is 4.52 Å². The van der Waals surface area contributed by atoms with Crippen LogP contribution in [0.15, 0.2) is 0 Å². The molecule has 0 unspecified atom stereocenters. The second-order valence-corrected chi connectivity index (χ2v) is 6.16. The third-order valence-electron chi connectivity index (χ3n) is 3.18. The van der Waals surface area contributed by atoms with E-state index in [1.54, 1.807) is 0 Å². The van der Waals surface area contributed by atoms with Crippen LogP contribution in [0.3, 0.4) is 0 Å². The van der Waals surface area contributed by atoms with E-state index in [1.807, 2.05) is 6.92 Å². The van der Waals surface area contributed by atoms with Crippen molar-refractivity contribution in [2.75, 3.05) is 20.8 Å². The van der Waals surface area contributed by atoms with Crippen molar-refractivity contribution in [3.05, 3.63) is 0 Å². The molecule has 0 heterocycles. The zero-order chi connectivity index (χ0) is 12.2. The van der Waals surface area contributed by atoms with Crippen LogP contribution in [0.4, 0.5) is 0 Å². The zero-order valence-corrected chi connectivity index (χ0v) is 10.9. The highest BCUT2D eigenvalue weighted by Crippen LogP contribution is 2.48. The van der Waals surface area contributed by atoms with Crippen LogP contribution in [0, 0.1) is 5.41 Å². The monoisotopic (exact) mass is 250 g/mol. The van der Waals surface area contributed by atoms with Crippen molar-refractivity contribution in [3.63, 3.8) is 0 Å². The lowest BCUT2D eigenvalue weighted by molar-refractivity contribution is -0.130. The van der Waals surface area contributed by atoms with Crippen LogP contribution >= 0.6 is 7.82 Å². The highest BCUT2D eigenvalue weighted by molar-refractivity contribution is 7.48. The van der Waals surface area contributed by atoms with Gasteiger partial charge in [0, 0.05) is 19.6 Å². The van der Waals surface area contributed by atoms with Crippen molar-refractivity contribution in [2.24, 2.45) is 5.41 Å². The van der Waals surface area contributed by atoms with Crippen LogP contribution in [-0.4, -0.2) is 26.6 Å². The molecule has 0 aromatic rings. The van der Waals surface area contributed by atoms with Gasteiger partial charge in [0.25, 0.3) is 0 Å². The van der Waals surface area contributed by atoms with Crippen LogP contribution in [-0.2, 0) is 22.9 Å². The van der Waals surface area contributed by atoms with Gasteiger partial charge in [0.05, 0.1) is 0 Å². The van der Waals surface area contributed by atoms with E-state index in [1.165, 1.54) is 14.2 Å². The number of ketones is 1. The maximum absolute atomic E-state index is 11.9. The molecule has 0 amide bonds. The predicted molar refractivity (Wildman–Crippen MR) is 59.2 cm³/mol. The number of carbonyl (C=O) groups is 1. The first kappa shape index (κ1) is 13.8. The number of phosphoric ester groups is 1. The first-order valence-corrected chi connectivity index (χ1v) is 6.81. The molecule has 1 fully saturated rings. The highest BCUT2D eigenvalue weighted by atomic mass is 31.2. The standard InChI is InChI=1S/C10H19O5P/c1-10(6-4-5-7-10)9(11)8-15-16(12,13-2)14-3/h4-8H2,1-3H3. The Kier molecular flexibility index (Phi) is 4.68. The SMILES string of the molecule is COP(=O)(OC)OCC(=O)C1(C)CCCC1. The molecule has 0 aromatic carbocycles. The van der Waals surface area contributed by atoms with Crippen molar-refractivity contribution in [2.45, 2.75) is 32.6 Å². The Bertz CT molecular complexity index is 288. The summed E-state index contributed by atoms with van der Waals surface area (Å²) in [5.74, 6) is -0.0284. The third kappa shape index (κ3) is 3.14. The normalized spacial score (nSPS) is 19.9. The summed E-state index contributed by atoms with van der Waals surface area (Å²) in [7, 11) is -1.07. The van der Waals surface area contributed by atoms with Crippen molar-refractivity contribution in [1.82, 2.24) is 0 Å². The average Bonchev–Trinajstić information content (AvgIpc) is 2.74. The van der Waals surface area contributed by atoms with Gasteiger partial charge in [-0.15, -0.1) is 0 Å². The molecule has 1 rings (SSSR count). The fraction of sp³-hybridized carbons (Fsp3) is 0.900. The molecule has 0 radical (unpaired) electrons. The number of carbonyl (C=O) groups excluding carboxylic acids is 1. The molecule has 0 bridgehead atoms. The van der Waals surface area contributed by atoms with Crippen molar-refractivity contribution in [3.8, 4) is 0 Å². The Labute approximate surface area is 96.1 Å². The number of hydrogen-bond donors (Lipinski definition) is 0. The Balaban J connectivity index is 2.49. The van der Waals surface area contributed by atoms with E-state index < -0.39 is 7.82 Å². The Hall–Kier alpha value is -0.220. The van der Waals surface area contributed by atoms with Gasteiger partial charge in [0.15, 0.2) is 5.78 Å². The molecule has 6 heteroatoms. The van der Waals surface area contributed by atoms with E-state index in [2.05, 4.69) is 9.05 Å². The van der Waals surface area contributed by atoms with Crippen LogP contribution in [0.25, 0.3) is 0 Å². The van der Waals surface area contributed by atoms with Gasteiger partial charge in [-0.05, 0) is 12.8 Å². The summed E-state index contributed by atoms with van der Waals surface area (Å²) in [4.78, 5) is 11.9. The second kappa shape index (κ2) is 5.41. The molecule has 16 heavy (non-hydrogen) atoms. The van der Waals surface area contributed by atoms with E-state index in [-0.39, 0.29) is 17.8 Å². The van der Waals surface area contributed by atoms with Gasteiger partial charge in [-0.3, -0.25) is 18.4 Å². The van der Waals surface area contributed by atoms with Gasteiger partial charge in [0.1, 0.15) is 6.61 Å². The molecule has 0 spiro atoms. The summed E-state index contributed by atoms with van der Waals surface area (Å²) in [5, 5.41) is 0. The van der Waals surface area contributed by atoms with Crippen LogP contribution in [0.5, 0.6) is 0 Å². The smallest absolute Gasteiger partial charge is 0.296 e. The quantitative estimate of drug-likeness (QED) is 0.678. The van der Waals surface area contributed by atoms with Crippen LogP contribution in [0.1, 0.15) is 32.6 Å². The number of phosphoric acid groups is 1. The summed E-state index contributed by atoms with van der Waals surface area (Å²) >= 11 is 0. The van der Waals surface area contributed by atoms with Crippen LogP contribution in [0.2, 0.25) is 0 Å². The van der Waals surface area contributed by atoms with E-state index >= 15 is 0 Å². The van der Waals surface area contributed by atoms with E-state index in [0.29, 0.717) is 0 Å². The average molecular weight is 250 g/mol. The molecular weight excluding hydrogens is 231 g/mol. The maximum Gasteiger partial charge on any atom is 0.474 e. The lowest BCUT2D eigenvalue weighted by atomic mass is 9.84. The van der Waals surface area contributed by atoms with Crippen molar-refractivity contribution in [1.29, 1.82) is 0 Å². The predicted octanol–water partition coefficient (Wildman–Crippen LogP) is 2.55. The molecule has 0 aromatic heterocycles. The first-order valence-electron chi connectivity index (χ1n) is 5.35. The largest absolute Gasteiger partial charge is 0.474 e. The van der Waals surface area contributed by atoms with E-state index in [0.717, 1.165) is 25.7 Å². The minimum Gasteiger partial charge on any atom is -0.296 e. The fourth-order valence-corrected chi connectivity index (χ4v) is 2.56. The summed E-state index contributed by atoms with van der Waals surface area (Å²) < 4.78 is 25.7. The van der Waals surface area contributed by atoms with Crippen molar-refractivity contribution >= 4 is 13.6 Å².